The van der Waals surface area contributed by atoms with Crippen molar-refractivity contribution < 1.29 is 14.3 Å². The van der Waals surface area contributed by atoms with Gasteiger partial charge < -0.3 is 14.8 Å². The highest BCUT2D eigenvalue weighted by molar-refractivity contribution is 7.98. The van der Waals surface area contributed by atoms with E-state index < -0.39 is 0 Å². The van der Waals surface area contributed by atoms with Crippen LogP contribution in [0.15, 0.2) is 17.3 Å². The molecule has 0 spiro atoms. The van der Waals surface area contributed by atoms with E-state index in [0.717, 1.165) is 22.5 Å². The van der Waals surface area contributed by atoms with Crippen LogP contribution in [0.5, 0.6) is 11.5 Å². The van der Waals surface area contributed by atoms with Gasteiger partial charge in [-0.15, -0.1) is 5.10 Å². The number of thioether (sulfide) groups is 1. The van der Waals surface area contributed by atoms with Crippen LogP contribution in [-0.4, -0.2) is 46.0 Å². The number of aromatic nitrogens is 4. The van der Waals surface area contributed by atoms with Crippen LogP contribution in [0.3, 0.4) is 0 Å². The molecule has 0 aliphatic heterocycles. The molecule has 0 unspecified atom stereocenters. The topological polar surface area (TPSA) is 90.6 Å². The second kappa shape index (κ2) is 8.69. The SMILES string of the molecule is COc1cc(C)c(NC(=O)CCc2c(C)nc3nc(SC)nn3c2C)cc1OC. The Bertz CT molecular complexity index is 1060. The van der Waals surface area contributed by atoms with Gasteiger partial charge in [0.1, 0.15) is 0 Å². The molecule has 0 atom stereocenters. The number of methoxy groups -OCH3 is 2. The number of hydrogen-bond donors (Lipinski definition) is 1. The molecule has 9 heteroatoms. The molecule has 8 nitrogen and oxygen atoms in total. The van der Waals surface area contributed by atoms with E-state index in [-0.39, 0.29) is 5.91 Å². The molecule has 0 saturated heterocycles. The van der Waals surface area contributed by atoms with Gasteiger partial charge in [-0.1, -0.05) is 11.8 Å². The molecule has 0 saturated carbocycles. The van der Waals surface area contributed by atoms with Gasteiger partial charge in [-0.25, -0.2) is 9.50 Å². The van der Waals surface area contributed by atoms with Gasteiger partial charge in [0.25, 0.3) is 5.78 Å². The van der Waals surface area contributed by atoms with Crippen LogP contribution < -0.4 is 14.8 Å². The minimum atomic E-state index is -0.0809. The van der Waals surface area contributed by atoms with Gasteiger partial charge in [0.15, 0.2) is 11.5 Å². The number of nitrogens with one attached hydrogen (secondary N) is 1. The summed E-state index contributed by atoms with van der Waals surface area (Å²) in [6.45, 7) is 5.83. The second-order valence-corrected chi connectivity index (χ2v) is 7.42. The first-order valence-corrected chi connectivity index (χ1v) is 10.4. The van der Waals surface area contributed by atoms with E-state index in [1.807, 2.05) is 33.1 Å². The quantitative estimate of drug-likeness (QED) is 0.592. The number of carbonyl (C=O) groups excluding carboxylic acids is 1. The molecule has 2 aromatic heterocycles. The fourth-order valence-corrected chi connectivity index (χ4v) is 3.54. The summed E-state index contributed by atoms with van der Waals surface area (Å²) in [5.74, 6) is 1.71. The van der Waals surface area contributed by atoms with Crippen molar-refractivity contribution in [3.05, 3.63) is 34.6 Å². The maximum Gasteiger partial charge on any atom is 0.253 e. The summed E-state index contributed by atoms with van der Waals surface area (Å²) in [7, 11) is 3.16. The fraction of sp³-hybridized carbons (Fsp3) is 0.400. The first kappa shape index (κ1) is 20.9. The number of hydrogen-bond acceptors (Lipinski definition) is 7. The number of fused-ring (bicyclic) bond motifs is 1. The van der Waals surface area contributed by atoms with E-state index in [9.17, 15) is 4.79 Å². The van der Waals surface area contributed by atoms with Crippen LogP contribution in [0, 0.1) is 20.8 Å². The Kier molecular flexibility index (Phi) is 6.26. The summed E-state index contributed by atoms with van der Waals surface area (Å²) in [6.07, 6.45) is 2.82. The third-order valence-electron chi connectivity index (χ3n) is 4.82. The molecule has 1 aromatic carbocycles. The Labute approximate surface area is 174 Å². The Morgan fingerprint density at radius 2 is 1.83 bits per heavy atom. The van der Waals surface area contributed by atoms with Crippen LogP contribution in [0.1, 0.15) is 28.9 Å². The highest BCUT2D eigenvalue weighted by Crippen LogP contribution is 2.33. The van der Waals surface area contributed by atoms with Gasteiger partial charge >= 0.3 is 0 Å². The summed E-state index contributed by atoms with van der Waals surface area (Å²) in [4.78, 5) is 21.5. The number of benzene rings is 1. The molecular weight excluding hydrogens is 390 g/mol. The molecule has 0 radical (unpaired) electrons. The zero-order valence-corrected chi connectivity index (χ0v) is 18.3. The molecule has 0 bridgehead atoms. The van der Waals surface area contributed by atoms with Crippen molar-refractivity contribution in [2.45, 2.75) is 38.8 Å². The lowest BCUT2D eigenvalue weighted by molar-refractivity contribution is -0.116. The highest BCUT2D eigenvalue weighted by atomic mass is 32.2. The van der Waals surface area contributed by atoms with E-state index >= 15 is 0 Å². The highest BCUT2D eigenvalue weighted by Gasteiger charge is 2.15. The number of amides is 1. The van der Waals surface area contributed by atoms with E-state index in [1.54, 1.807) is 24.8 Å². The van der Waals surface area contributed by atoms with Crippen molar-refractivity contribution in [1.29, 1.82) is 0 Å². The van der Waals surface area contributed by atoms with Gasteiger partial charge in [-0.05, 0) is 50.6 Å². The molecule has 3 aromatic rings. The average Bonchev–Trinajstić information content (AvgIpc) is 3.12. The third kappa shape index (κ3) is 4.29. The maximum absolute atomic E-state index is 12.6. The predicted octanol–water partition coefficient (Wildman–Crippen LogP) is 3.36. The summed E-state index contributed by atoms with van der Waals surface area (Å²) >= 11 is 1.47. The van der Waals surface area contributed by atoms with Gasteiger partial charge in [0.2, 0.25) is 11.1 Å². The van der Waals surface area contributed by atoms with E-state index in [1.165, 1.54) is 11.8 Å². The lowest BCUT2D eigenvalue weighted by Gasteiger charge is -2.14. The molecule has 2 heterocycles. The first-order chi connectivity index (χ1) is 13.9. The van der Waals surface area contributed by atoms with Gasteiger partial charge in [-0.2, -0.15) is 4.98 Å². The average molecular weight is 416 g/mol. The van der Waals surface area contributed by atoms with Crippen molar-refractivity contribution in [1.82, 2.24) is 19.6 Å². The van der Waals surface area contributed by atoms with Crippen LogP contribution in [0.4, 0.5) is 5.69 Å². The second-order valence-electron chi connectivity index (χ2n) is 6.64. The van der Waals surface area contributed by atoms with Crippen molar-refractivity contribution in [2.75, 3.05) is 25.8 Å². The molecule has 29 heavy (non-hydrogen) atoms. The summed E-state index contributed by atoms with van der Waals surface area (Å²) in [5, 5.41) is 8.10. The molecule has 154 valence electrons. The first-order valence-electron chi connectivity index (χ1n) is 9.17. The Balaban J connectivity index is 1.76. The van der Waals surface area contributed by atoms with E-state index in [4.69, 9.17) is 9.47 Å². The molecule has 1 N–H and O–H groups in total. The normalized spacial score (nSPS) is 11.0. The molecule has 0 aliphatic rings. The monoisotopic (exact) mass is 415 g/mol. The van der Waals surface area contributed by atoms with Crippen molar-refractivity contribution in [3.63, 3.8) is 0 Å². The largest absolute Gasteiger partial charge is 0.493 e. The number of aryl methyl sites for hydroxylation is 3. The Morgan fingerprint density at radius 3 is 2.48 bits per heavy atom. The maximum atomic E-state index is 12.6. The molecule has 0 aliphatic carbocycles. The zero-order chi connectivity index (χ0) is 21.1. The summed E-state index contributed by atoms with van der Waals surface area (Å²) < 4.78 is 12.4. The minimum absolute atomic E-state index is 0.0809. The standard InChI is InChI=1S/C20H25N5O3S/c1-11-9-16(27-4)17(28-5)10-15(11)22-18(26)8-7-14-12(2)21-19-23-20(29-6)24-25(19)13(14)3/h9-10H,7-8H2,1-6H3,(H,22,26). The molecule has 1 amide bonds. The Hall–Kier alpha value is -2.81. The van der Waals surface area contributed by atoms with Gasteiger partial charge in [0, 0.05) is 29.6 Å². The van der Waals surface area contributed by atoms with Crippen LogP contribution in [0.2, 0.25) is 0 Å². The van der Waals surface area contributed by atoms with Crippen molar-refractivity contribution in [2.24, 2.45) is 0 Å². The fourth-order valence-electron chi connectivity index (χ4n) is 3.20. The molecule has 0 fully saturated rings. The number of anilines is 1. The lowest BCUT2D eigenvalue weighted by atomic mass is 10.1. The van der Waals surface area contributed by atoms with Crippen LogP contribution in [0.25, 0.3) is 5.78 Å². The van der Waals surface area contributed by atoms with Crippen molar-refractivity contribution >= 4 is 29.1 Å². The molecule has 3 rings (SSSR count). The van der Waals surface area contributed by atoms with E-state index in [2.05, 4.69) is 20.4 Å². The summed E-state index contributed by atoms with van der Waals surface area (Å²) in [5.41, 5.74) is 4.43. The van der Waals surface area contributed by atoms with Crippen LogP contribution >= 0.6 is 11.8 Å². The predicted molar refractivity (Wildman–Crippen MR) is 113 cm³/mol. The Morgan fingerprint density at radius 1 is 1.14 bits per heavy atom. The van der Waals surface area contributed by atoms with Gasteiger partial charge in [-0.3, -0.25) is 4.79 Å². The number of carbonyl (C=O) groups is 1. The third-order valence-corrected chi connectivity index (χ3v) is 5.36. The smallest absolute Gasteiger partial charge is 0.253 e. The lowest BCUT2D eigenvalue weighted by Crippen LogP contribution is -2.15. The van der Waals surface area contributed by atoms with Crippen molar-refractivity contribution in [3.8, 4) is 11.5 Å². The minimum Gasteiger partial charge on any atom is -0.493 e. The van der Waals surface area contributed by atoms with Crippen LogP contribution in [-0.2, 0) is 11.2 Å². The summed E-state index contributed by atoms with van der Waals surface area (Å²) in [6, 6.07) is 3.62. The van der Waals surface area contributed by atoms with E-state index in [0.29, 0.717) is 41.0 Å². The zero-order valence-electron chi connectivity index (χ0n) is 17.5. The number of nitrogens with zero attached hydrogens (tertiary/aromatic N) is 4. The number of rotatable bonds is 7. The molecular formula is C20H25N5O3S. The van der Waals surface area contributed by atoms with Gasteiger partial charge in [0.05, 0.1) is 14.2 Å². The number of ether oxygens (including phenoxy) is 2.